The molecule has 0 heterocycles. The highest BCUT2D eigenvalue weighted by molar-refractivity contribution is 14.0. The van der Waals surface area contributed by atoms with E-state index in [-0.39, 0.29) is 47.9 Å². The van der Waals surface area contributed by atoms with E-state index in [0.717, 1.165) is 5.56 Å². The number of hydrogen-bond acceptors (Lipinski definition) is 4. The number of nitrogens with one attached hydrogen (secondary N) is 3. The first-order valence-electron chi connectivity index (χ1n) is 10.0. The van der Waals surface area contributed by atoms with Crippen LogP contribution in [0, 0.1) is 0 Å². The average molecular weight is 562 g/mol. The molecule has 176 valence electrons. The van der Waals surface area contributed by atoms with Crippen LogP contribution in [0.25, 0.3) is 0 Å². The van der Waals surface area contributed by atoms with E-state index in [1.807, 2.05) is 19.1 Å². The van der Waals surface area contributed by atoms with Gasteiger partial charge in [0.1, 0.15) is 0 Å². The molecule has 0 bridgehead atoms. The molecule has 0 fully saturated rings. The molecule has 2 aromatic rings. The highest BCUT2D eigenvalue weighted by Crippen LogP contribution is 2.32. The predicted molar refractivity (Wildman–Crippen MR) is 131 cm³/mol. The summed E-state index contributed by atoms with van der Waals surface area (Å²) in [7, 11) is 1.58. The highest BCUT2D eigenvalue weighted by Gasteiger charge is 2.16. The lowest BCUT2D eigenvalue weighted by molar-refractivity contribution is -0.0520. The first-order chi connectivity index (χ1) is 15.0. The number of rotatable bonds is 10. The molecule has 0 spiro atoms. The number of nitrogens with zero attached hydrogens (tertiary/aromatic N) is 1. The Morgan fingerprint density at radius 3 is 2.41 bits per heavy atom. The van der Waals surface area contributed by atoms with Crippen molar-refractivity contribution in [1.29, 1.82) is 0 Å². The maximum atomic E-state index is 12.9. The molecule has 10 heteroatoms. The Hall–Kier alpha value is -2.63. The van der Waals surface area contributed by atoms with Gasteiger partial charge in [-0.3, -0.25) is 4.79 Å². The molecule has 0 aliphatic heterocycles. The Morgan fingerprint density at radius 1 is 1.09 bits per heavy atom. The lowest BCUT2D eigenvalue weighted by Crippen LogP contribution is -2.36. The van der Waals surface area contributed by atoms with Crippen LogP contribution in [0.3, 0.4) is 0 Å². The van der Waals surface area contributed by atoms with Crippen LogP contribution in [-0.2, 0) is 13.1 Å². The van der Waals surface area contributed by atoms with Crippen LogP contribution < -0.4 is 25.4 Å². The third-order valence-electron chi connectivity index (χ3n) is 4.22. The molecule has 0 saturated carbocycles. The summed E-state index contributed by atoms with van der Waals surface area (Å²) in [6, 6.07) is 12.1. The van der Waals surface area contributed by atoms with E-state index in [1.165, 1.54) is 0 Å². The van der Waals surface area contributed by atoms with Gasteiger partial charge in [0.05, 0.1) is 13.2 Å². The quantitative estimate of drug-likeness (QED) is 0.232. The molecule has 32 heavy (non-hydrogen) atoms. The molecule has 0 aromatic heterocycles. The fourth-order valence-electron chi connectivity index (χ4n) is 2.79. The number of benzene rings is 2. The zero-order chi connectivity index (χ0) is 22.6. The molecule has 0 saturated heterocycles. The summed E-state index contributed by atoms with van der Waals surface area (Å²) in [5.41, 5.74) is 2.01. The summed E-state index contributed by atoms with van der Waals surface area (Å²) >= 11 is 0. The predicted octanol–water partition coefficient (Wildman–Crippen LogP) is 3.92. The number of amides is 1. The van der Waals surface area contributed by atoms with Gasteiger partial charge in [0.15, 0.2) is 17.5 Å². The summed E-state index contributed by atoms with van der Waals surface area (Å²) in [6.07, 6.45) is 0. The van der Waals surface area contributed by atoms with Crippen LogP contribution in [-0.4, -0.2) is 38.7 Å². The van der Waals surface area contributed by atoms with Crippen LogP contribution in [0.1, 0.15) is 35.3 Å². The number of hydrogen-bond donors (Lipinski definition) is 3. The maximum Gasteiger partial charge on any atom is 0.387 e. The first kappa shape index (κ1) is 27.4. The third kappa shape index (κ3) is 8.48. The van der Waals surface area contributed by atoms with Gasteiger partial charge in [0.2, 0.25) is 0 Å². The van der Waals surface area contributed by atoms with Gasteiger partial charge in [-0.1, -0.05) is 24.3 Å². The number of guanidine groups is 1. The van der Waals surface area contributed by atoms with Crippen molar-refractivity contribution in [2.24, 2.45) is 4.99 Å². The second-order valence-electron chi connectivity index (χ2n) is 6.38. The summed E-state index contributed by atoms with van der Waals surface area (Å²) in [6.45, 7) is 2.29. The Balaban J connectivity index is 0.00000512. The van der Waals surface area contributed by atoms with Crippen LogP contribution in [0.4, 0.5) is 8.78 Å². The lowest BCUT2D eigenvalue weighted by atomic mass is 10.1. The topological polar surface area (TPSA) is 84.0 Å². The molecule has 7 nitrogen and oxygen atoms in total. The van der Waals surface area contributed by atoms with E-state index >= 15 is 0 Å². The standard InChI is InChI=1S/C22H28F2N4O3.HI/c1-4-26-22(27-13-15-9-11-16(12-10-15)20(29)25-3)28-14-17-7-6-8-18(30-5-2)19(17)31-21(23)24;/h6-12,21H,4-5,13-14H2,1-3H3,(H,25,29)(H2,26,27,28);1H. The Labute approximate surface area is 204 Å². The van der Waals surface area contributed by atoms with Crippen LogP contribution in [0.5, 0.6) is 11.5 Å². The van der Waals surface area contributed by atoms with Crippen molar-refractivity contribution in [3.8, 4) is 11.5 Å². The van der Waals surface area contributed by atoms with Crippen molar-refractivity contribution in [2.75, 3.05) is 20.2 Å². The average Bonchev–Trinajstić information content (AvgIpc) is 2.77. The Morgan fingerprint density at radius 2 is 1.81 bits per heavy atom. The molecule has 2 rings (SSSR count). The summed E-state index contributed by atoms with van der Waals surface area (Å²) in [5.74, 6) is 0.636. The number of ether oxygens (including phenoxy) is 2. The zero-order valence-electron chi connectivity index (χ0n) is 18.3. The van der Waals surface area contributed by atoms with Crippen molar-refractivity contribution in [3.63, 3.8) is 0 Å². The van der Waals surface area contributed by atoms with E-state index in [0.29, 0.717) is 36.8 Å². The number of para-hydroxylation sites is 1. The van der Waals surface area contributed by atoms with Crippen LogP contribution >= 0.6 is 24.0 Å². The number of alkyl halides is 2. The molecule has 0 aliphatic rings. The second-order valence-corrected chi connectivity index (χ2v) is 6.38. The smallest absolute Gasteiger partial charge is 0.387 e. The summed E-state index contributed by atoms with van der Waals surface area (Å²) in [5, 5.41) is 8.82. The van der Waals surface area contributed by atoms with Gasteiger partial charge in [0.25, 0.3) is 5.91 Å². The number of aliphatic imine (C=N–C) groups is 1. The number of halogens is 3. The zero-order valence-corrected chi connectivity index (χ0v) is 20.6. The maximum absolute atomic E-state index is 12.9. The largest absolute Gasteiger partial charge is 0.490 e. The van der Waals surface area contributed by atoms with Crippen molar-refractivity contribution in [1.82, 2.24) is 16.0 Å². The minimum atomic E-state index is -2.96. The van der Waals surface area contributed by atoms with Gasteiger partial charge in [-0.2, -0.15) is 8.78 Å². The number of carbonyl (C=O) groups excluding carboxylic acids is 1. The van der Waals surface area contributed by atoms with Crippen molar-refractivity contribution < 1.29 is 23.0 Å². The van der Waals surface area contributed by atoms with E-state index in [9.17, 15) is 13.6 Å². The van der Waals surface area contributed by atoms with Gasteiger partial charge in [-0.25, -0.2) is 4.99 Å². The van der Waals surface area contributed by atoms with Crippen molar-refractivity contribution in [3.05, 3.63) is 59.2 Å². The minimum Gasteiger partial charge on any atom is -0.490 e. The molecule has 0 unspecified atom stereocenters. The van der Waals surface area contributed by atoms with Crippen LogP contribution in [0.15, 0.2) is 47.5 Å². The molecule has 1 amide bonds. The molecule has 0 radical (unpaired) electrons. The summed E-state index contributed by atoms with van der Waals surface area (Å²) < 4.78 is 35.9. The second kappa shape index (κ2) is 14.4. The third-order valence-corrected chi connectivity index (χ3v) is 4.22. The molecular weight excluding hydrogens is 533 g/mol. The van der Waals surface area contributed by atoms with Crippen LogP contribution in [0.2, 0.25) is 0 Å². The fourth-order valence-corrected chi connectivity index (χ4v) is 2.79. The SMILES string of the molecule is CCNC(=NCc1ccc(C(=O)NC)cc1)NCc1cccc(OCC)c1OC(F)F.I. The van der Waals surface area contributed by atoms with Gasteiger partial charge in [0, 0.05) is 31.3 Å². The highest BCUT2D eigenvalue weighted by atomic mass is 127. The van der Waals surface area contributed by atoms with Crippen molar-refractivity contribution in [2.45, 2.75) is 33.5 Å². The molecule has 0 aliphatic carbocycles. The van der Waals surface area contributed by atoms with E-state index < -0.39 is 6.61 Å². The Bertz CT molecular complexity index is 880. The summed E-state index contributed by atoms with van der Waals surface area (Å²) in [4.78, 5) is 16.1. The van der Waals surface area contributed by atoms with E-state index in [4.69, 9.17) is 9.47 Å². The fraction of sp³-hybridized carbons (Fsp3) is 0.364. The normalized spacial score (nSPS) is 10.9. The molecule has 3 N–H and O–H groups in total. The van der Waals surface area contributed by atoms with Gasteiger partial charge in [-0.05, 0) is 37.6 Å². The monoisotopic (exact) mass is 562 g/mol. The number of carbonyl (C=O) groups is 1. The van der Waals surface area contributed by atoms with Gasteiger partial charge < -0.3 is 25.4 Å². The Kier molecular flexibility index (Phi) is 12.4. The molecule has 0 atom stereocenters. The van der Waals surface area contributed by atoms with E-state index in [2.05, 4.69) is 20.9 Å². The van der Waals surface area contributed by atoms with E-state index in [1.54, 1.807) is 44.3 Å². The minimum absolute atomic E-state index is 0. The molecule has 2 aromatic carbocycles. The lowest BCUT2D eigenvalue weighted by Gasteiger charge is -2.17. The first-order valence-corrected chi connectivity index (χ1v) is 10.0. The molecular formula is C22H29F2IN4O3. The van der Waals surface area contributed by atoms with Crippen molar-refractivity contribution >= 4 is 35.8 Å². The van der Waals surface area contributed by atoms with Gasteiger partial charge in [-0.15, -0.1) is 24.0 Å². The van der Waals surface area contributed by atoms with Gasteiger partial charge >= 0.3 is 6.61 Å².